The number of benzene rings is 1. The molecule has 0 aromatic heterocycles. The van der Waals surface area contributed by atoms with Crippen LogP contribution in [0.2, 0.25) is 0 Å². The minimum absolute atomic E-state index is 0.0626. The van der Waals surface area contributed by atoms with Crippen LogP contribution >= 0.6 is 0 Å². The Morgan fingerprint density at radius 2 is 2.00 bits per heavy atom. The van der Waals surface area contributed by atoms with Crippen molar-refractivity contribution >= 4 is 11.7 Å². The number of aliphatic hydroxyl groups is 1. The third kappa shape index (κ3) is 7.54. The van der Waals surface area contributed by atoms with E-state index in [9.17, 15) is 23.1 Å². The summed E-state index contributed by atoms with van der Waals surface area (Å²) in [6.07, 6.45) is -4.32. The van der Waals surface area contributed by atoms with E-state index in [0.29, 0.717) is 24.2 Å². The van der Waals surface area contributed by atoms with Gasteiger partial charge in [-0.2, -0.15) is 13.2 Å². The predicted molar refractivity (Wildman–Crippen MR) is 85.2 cm³/mol. The average Bonchev–Trinajstić information content (AvgIpc) is 2.44. The first kappa shape index (κ1) is 20.1. The maximum absolute atomic E-state index is 12.2. The smallest absolute Gasteiger partial charge is 0.422 e. The Balaban J connectivity index is 2.59. The van der Waals surface area contributed by atoms with Gasteiger partial charge < -0.3 is 20.5 Å². The number of rotatable bonds is 7. The molecule has 1 rings (SSSR count). The second-order valence-electron chi connectivity index (χ2n) is 5.86. The molecule has 0 heterocycles. The molecule has 2 amide bonds. The fourth-order valence-electron chi connectivity index (χ4n) is 2.16. The van der Waals surface area contributed by atoms with E-state index in [1.165, 1.54) is 12.1 Å². The Labute approximate surface area is 139 Å². The van der Waals surface area contributed by atoms with Crippen LogP contribution in [0.1, 0.15) is 25.8 Å². The Kier molecular flexibility index (Phi) is 7.34. The van der Waals surface area contributed by atoms with Crippen molar-refractivity contribution in [1.29, 1.82) is 0 Å². The van der Waals surface area contributed by atoms with Gasteiger partial charge in [0.05, 0.1) is 6.10 Å². The molecule has 0 aliphatic carbocycles. The van der Waals surface area contributed by atoms with Crippen molar-refractivity contribution < 1.29 is 27.8 Å². The molecule has 8 heteroatoms. The van der Waals surface area contributed by atoms with E-state index in [1.807, 2.05) is 6.92 Å². The van der Waals surface area contributed by atoms with Gasteiger partial charge >= 0.3 is 12.2 Å². The number of aliphatic hydroxyl groups excluding tert-OH is 1. The van der Waals surface area contributed by atoms with Crippen molar-refractivity contribution in [2.24, 2.45) is 5.92 Å². The molecule has 0 radical (unpaired) electrons. The van der Waals surface area contributed by atoms with E-state index in [1.54, 1.807) is 19.9 Å². The molecule has 0 saturated carbocycles. The van der Waals surface area contributed by atoms with Gasteiger partial charge in [0.1, 0.15) is 5.75 Å². The molecule has 0 spiro atoms. The molecule has 0 fully saturated rings. The van der Waals surface area contributed by atoms with Crippen molar-refractivity contribution in [2.75, 3.05) is 18.5 Å². The largest absolute Gasteiger partial charge is 0.484 e. The van der Waals surface area contributed by atoms with Crippen LogP contribution in [-0.2, 0) is 0 Å². The van der Waals surface area contributed by atoms with Gasteiger partial charge in [-0.25, -0.2) is 4.79 Å². The predicted octanol–water partition coefficient (Wildman–Crippen LogP) is 3.46. The summed E-state index contributed by atoms with van der Waals surface area (Å²) in [7, 11) is 0. The zero-order chi connectivity index (χ0) is 18.3. The lowest BCUT2D eigenvalue weighted by Gasteiger charge is -2.17. The highest BCUT2D eigenvalue weighted by atomic mass is 19.4. The standard InChI is InChI=1S/C16H23F3N2O3/c1-10(7-11(2)22)8-20-15(23)21-13-5-4-6-14(12(13)3)24-9-16(17,18)19/h4-6,10-11,22H,7-9H2,1-3H3,(H2,20,21,23)/t10-,11+/m1/s1. The number of ether oxygens (including phenoxy) is 1. The molecule has 1 aromatic rings. The van der Waals surface area contributed by atoms with Gasteiger partial charge in [-0.3, -0.25) is 0 Å². The first-order valence-corrected chi connectivity index (χ1v) is 7.60. The van der Waals surface area contributed by atoms with E-state index in [0.717, 1.165) is 0 Å². The molecule has 0 bridgehead atoms. The molecule has 0 unspecified atom stereocenters. The first-order chi connectivity index (χ1) is 11.1. The molecule has 2 atom stereocenters. The third-order valence-corrected chi connectivity index (χ3v) is 3.28. The molecule has 24 heavy (non-hydrogen) atoms. The summed E-state index contributed by atoms with van der Waals surface area (Å²) >= 11 is 0. The first-order valence-electron chi connectivity index (χ1n) is 7.60. The minimum Gasteiger partial charge on any atom is -0.484 e. The molecule has 1 aromatic carbocycles. The molecule has 3 N–H and O–H groups in total. The zero-order valence-electron chi connectivity index (χ0n) is 13.9. The van der Waals surface area contributed by atoms with E-state index in [-0.39, 0.29) is 11.7 Å². The zero-order valence-corrected chi connectivity index (χ0v) is 13.9. The van der Waals surface area contributed by atoms with E-state index >= 15 is 0 Å². The Hall–Kier alpha value is -1.96. The normalized spacial score (nSPS) is 14.0. The van der Waals surface area contributed by atoms with Gasteiger partial charge in [0.2, 0.25) is 0 Å². The molecule has 0 aliphatic heterocycles. The van der Waals surface area contributed by atoms with Crippen LogP contribution in [0.25, 0.3) is 0 Å². The number of anilines is 1. The van der Waals surface area contributed by atoms with Gasteiger partial charge in [0.25, 0.3) is 0 Å². The molecule has 0 aliphatic rings. The average molecular weight is 348 g/mol. The highest BCUT2D eigenvalue weighted by Crippen LogP contribution is 2.27. The van der Waals surface area contributed by atoms with Crippen molar-refractivity contribution in [1.82, 2.24) is 5.32 Å². The number of urea groups is 1. The summed E-state index contributed by atoms with van der Waals surface area (Å²) in [5, 5.41) is 14.5. The Morgan fingerprint density at radius 1 is 1.33 bits per heavy atom. The fraction of sp³-hybridized carbons (Fsp3) is 0.562. The van der Waals surface area contributed by atoms with Gasteiger partial charge in [-0.15, -0.1) is 0 Å². The second-order valence-corrected chi connectivity index (χ2v) is 5.86. The monoisotopic (exact) mass is 348 g/mol. The van der Waals surface area contributed by atoms with E-state index in [2.05, 4.69) is 10.6 Å². The molecule has 5 nitrogen and oxygen atoms in total. The van der Waals surface area contributed by atoms with Gasteiger partial charge in [-0.1, -0.05) is 13.0 Å². The molecule has 0 saturated heterocycles. The van der Waals surface area contributed by atoms with Crippen LogP contribution in [0.4, 0.5) is 23.7 Å². The van der Waals surface area contributed by atoms with Crippen LogP contribution in [0, 0.1) is 12.8 Å². The van der Waals surface area contributed by atoms with Crippen LogP contribution in [0.15, 0.2) is 18.2 Å². The summed E-state index contributed by atoms with van der Waals surface area (Å²) in [5.74, 6) is 0.158. The van der Waals surface area contributed by atoms with Crippen molar-refractivity contribution in [3.8, 4) is 5.75 Å². The lowest BCUT2D eigenvalue weighted by Crippen LogP contribution is -2.33. The summed E-state index contributed by atoms with van der Waals surface area (Å²) in [5.41, 5.74) is 0.782. The highest BCUT2D eigenvalue weighted by molar-refractivity contribution is 5.90. The number of carbonyl (C=O) groups is 1. The number of hydrogen-bond donors (Lipinski definition) is 3. The van der Waals surface area contributed by atoms with Gasteiger partial charge in [-0.05, 0) is 38.3 Å². The van der Waals surface area contributed by atoms with Crippen molar-refractivity contribution in [3.05, 3.63) is 23.8 Å². The number of nitrogens with one attached hydrogen (secondary N) is 2. The summed E-state index contributed by atoms with van der Waals surface area (Å²) in [6, 6.07) is 4.02. The minimum atomic E-state index is -4.42. The second kappa shape index (κ2) is 8.77. The summed E-state index contributed by atoms with van der Waals surface area (Å²) in [6.45, 7) is 4.12. The quantitative estimate of drug-likeness (QED) is 0.707. The maximum Gasteiger partial charge on any atom is 0.422 e. The SMILES string of the molecule is Cc1c(NC(=O)NC[C@H](C)C[C@H](C)O)cccc1OCC(F)(F)F. The lowest BCUT2D eigenvalue weighted by atomic mass is 10.1. The number of amides is 2. The summed E-state index contributed by atoms with van der Waals surface area (Å²) < 4.78 is 41.4. The number of halogens is 3. The Morgan fingerprint density at radius 3 is 2.58 bits per heavy atom. The maximum atomic E-state index is 12.2. The van der Waals surface area contributed by atoms with Crippen LogP contribution in [0.5, 0.6) is 5.75 Å². The lowest BCUT2D eigenvalue weighted by molar-refractivity contribution is -0.153. The highest BCUT2D eigenvalue weighted by Gasteiger charge is 2.28. The molecule has 136 valence electrons. The van der Waals surface area contributed by atoms with Gasteiger partial charge in [0, 0.05) is 17.8 Å². The molecular formula is C16H23F3N2O3. The van der Waals surface area contributed by atoms with E-state index in [4.69, 9.17) is 4.74 Å². The third-order valence-electron chi connectivity index (χ3n) is 3.28. The molecular weight excluding hydrogens is 325 g/mol. The Bertz CT molecular complexity index is 548. The van der Waals surface area contributed by atoms with Crippen molar-refractivity contribution in [2.45, 2.75) is 39.5 Å². The van der Waals surface area contributed by atoms with E-state index < -0.39 is 24.9 Å². The summed E-state index contributed by atoms with van der Waals surface area (Å²) in [4.78, 5) is 11.9. The topological polar surface area (TPSA) is 70.6 Å². The number of carbonyl (C=O) groups excluding carboxylic acids is 1. The van der Waals surface area contributed by atoms with Crippen LogP contribution < -0.4 is 15.4 Å². The van der Waals surface area contributed by atoms with Crippen molar-refractivity contribution in [3.63, 3.8) is 0 Å². The number of alkyl halides is 3. The number of hydrogen-bond acceptors (Lipinski definition) is 3. The van der Waals surface area contributed by atoms with Gasteiger partial charge in [0.15, 0.2) is 6.61 Å². The fourth-order valence-corrected chi connectivity index (χ4v) is 2.16. The van der Waals surface area contributed by atoms with Crippen LogP contribution in [0.3, 0.4) is 0 Å². The van der Waals surface area contributed by atoms with Crippen LogP contribution in [-0.4, -0.2) is 36.6 Å².